The first kappa shape index (κ1) is 28.0. The van der Waals surface area contributed by atoms with Gasteiger partial charge in [-0.3, -0.25) is 14.0 Å². The van der Waals surface area contributed by atoms with Gasteiger partial charge in [-0.15, -0.1) is 0 Å². The number of fused-ring (bicyclic) bond motifs is 1. The normalized spacial score (nSPS) is 16.6. The monoisotopic (exact) mass is 553 g/mol. The van der Waals surface area contributed by atoms with Crippen molar-refractivity contribution in [2.75, 3.05) is 13.2 Å². The fourth-order valence-corrected chi connectivity index (χ4v) is 5.18. The smallest absolute Gasteiger partial charge is 0.295 e. The molecular weight excluding hydrogens is 518 g/mol. The number of likely N-dealkylation sites (tertiary alicyclic amines) is 1. The van der Waals surface area contributed by atoms with Crippen molar-refractivity contribution in [3.63, 3.8) is 0 Å². The van der Waals surface area contributed by atoms with Crippen molar-refractivity contribution >= 4 is 23.1 Å². The summed E-state index contributed by atoms with van der Waals surface area (Å²) in [5.41, 5.74) is 3.06. The Kier molecular flexibility index (Phi) is 8.10. The van der Waals surface area contributed by atoms with Crippen molar-refractivity contribution in [3.8, 4) is 11.5 Å². The van der Waals surface area contributed by atoms with Gasteiger partial charge >= 0.3 is 0 Å². The lowest BCUT2D eigenvalue weighted by Gasteiger charge is -2.26. The minimum absolute atomic E-state index is 0.00982. The van der Waals surface area contributed by atoms with Crippen LogP contribution in [0.3, 0.4) is 0 Å². The summed E-state index contributed by atoms with van der Waals surface area (Å²) in [6.07, 6.45) is 2.67. The largest absolute Gasteiger partial charge is 0.505 e. The third kappa shape index (κ3) is 5.55. The number of hydrogen-bond acceptors (Lipinski definition) is 6. The molecule has 2 aromatic heterocycles. The predicted octanol–water partition coefficient (Wildman–Crippen LogP) is 6.09. The van der Waals surface area contributed by atoms with Crippen LogP contribution in [0.2, 0.25) is 0 Å². The summed E-state index contributed by atoms with van der Waals surface area (Å²) < 4.78 is 13.7. The zero-order valence-corrected chi connectivity index (χ0v) is 23.8. The highest BCUT2D eigenvalue weighted by molar-refractivity contribution is 6.46. The van der Waals surface area contributed by atoms with Gasteiger partial charge in [0.05, 0.1) is 30.5 Å². The van der Waals surface area contributed by atoms with Crippen LogP contribution < -0.4 is 9.47 Å². The molecule has 0 bridgehead atoms. The molecule has 41 heavy (non-hydrogen) atoms. The van der Waals surface area contributed by atoms with Crippen LogP contribution in [0.15, 0.2) is 78.5 Å². The molecule has 0 radical (unpaired) electrons. The first-order valence-corrected chi connectivity index (χ1v) is 14.0. The van der Waals surface area contributed by atoms with Crippen LogP contribution in [0.5, 0.6) is 11.5 Å². The van der Waals surface area contributed by atoms with E-state index in [1.54, 1.807) is 23.6 Å². The number of aliphatic hydroxyl groups is 1. The maximum atomic E-state index is 13.7. The van der Waals surface area contributed by atoms with Crippen LogP contribution in [0.1, 0.15) is 55.7 Å². The van der Waals surface area contributed by atoms with E-state index in [0.717, 1.165) is 12.0 Å². The van der Waals surface area contributed by atoms with Crippen LogP contribution in [0, 0.1) is 12.8 Å². The van der Waals surface area contributed by atoms with Gasteiger partial charge < -0.3 is 19.5 Å². The van der Waals surface area contributed by atoms with Crippen LogP contribution >= 0.6 is 0 Å². The zero-order chi connectivity index (χ0) is 29.1. The van der Waals surface area contributed by atoms with E-state index in [1.165, 1.54) is 4.90 Å². The average Bonchev–Trinajstić information content (AvgIpc) is 3.42. The van der Waals surface area contributed by atoms with Gasteiger partial charge in [0.2, 0.25) is 0 Å². The van der Waals surface area contributed by atoms with E-state index in [9.17, 15) is 14.7 Å². The Morgan fingerprint density at radius 3 is 2.49 bits per heavy atom. The van der Waals surface area contributed by atoms with Gasteiger partial charge in [0, 0.05) is 12.7 Å². The zero-order valence-electron chi connectivity index (χ0n) is 23.8. The second-order valence-electron chi connectivity index (χ2n) is 10.6. The van der Waals surface area contributed by atoms with Gasteiger partial charge in [-0.25, -0.2) is 4.98 Å². The number of aryl methyl sites for hydroxylation is 1. The fraction of sp³-hybridized carbons (Fsp3) is 0.303. The highest BCUT2D eigenvalue weighted by atomic mass is 16.5. The van der Waals surface area contributed by atoms with E-state index < -0.39 is 17.7 Å². The number of Topliss-reactive ketones (excluding diaryl/α,β-unsaturated/α-hetero) is 1. The molecule has 0 spiro atoms. The fourth-order valence-electron chi connectivity index (χ4n) is 5.18. The number of amides is 1. The second-order valence-corrected chi connectivity index (χ2v) is 10.6. The van der Waals surface area contributed by atoms with Crippen molar-refractivity contribution in [1.29, 1.82) is 0 Å². The molecular formula is C33H35N3O5. The molecule has 5 rings (SSSR count). The lowest BCUT2D eigenvalue weighted by Crippen LogP contribution is -2.29. The average molecular weight is 554 g/mol. The Hall–Kier alpha value is -4.59. The summed E-state index contributed by atoms with van der Waals surface area (Å²) in [7, 11) is 0. The molecule has 1 N–H and O–H groups in total. The molecule has 1 amide bonds. The van der Waals surface area contributed by atoms with Crippen LogP contribution in [0.4, 0.5) is 0 Å². The van der Waals surface area contributed by atoms with Crippen LogP contribution in [-0.4, -0.2) is 44.3 Å². The van der Waals surface area contributed by atoms with E-state index in [0.29, 0.717) is 53.2 Å². The quantitative estimate of drug-likeness (QED) is 0.145. The van der Waals surface area contributed by atoms with Crippen molar-refractivity contribution in [3.05, 3.63) is 101 Å². The standard InChI is InChI=1S/C33H35N3O5/c1-5-40-26-19-24(14-15-25(26)41-18-16-21(2)3)30-28(31(37)29-22(4)34-27-13-9-10-17-35(27)29)32(38)33(39)36(30)20-23-11-7-6-8-12-23/h6-15,17,19,21,30,37H,5,16,18,20H2,1-4H3. The molecule has 1 aliphatic heterocycles. The summed E-state index contributed by atoms with van der Waals surface area (Å²) in [6, 6.07) is 19.6. The van der Waals surface area contributed by atoms with Crippen LogP contribution in [-0.2, 0) is 16.1 Å². The third-order valence-corrected chi connectivity index (χ3v) is 7.20. The molecule has 0 aliphatic carbocycles. The van der Waals surface area contributed by atoms with Gasteiger partial charge in [0.15, 0.2) is 17.3 Å². The van der Waals surface area contributed by atoms with Gasteiger partial charge in [-0.05, 0) is 61.6 Å². The number of carbonyl (C=O) groups is 2. The first-order valence-electron chi connectivity index (χ1n) is 14.0. The number of benzene rings is 2. The Morgan fingerprint density at radius 1 is 1.00 bits per heavy atom. The van der Waals surface area contributed by atoms with E-state index in [4.69, 9.17) is 9.47 Å². The summed E-state index contributed by atoms with van der Waals surface area (Å²) in [5, 5.41) is 11.8. The van der Waals surface area contributed by atoms with Crippen molar-refractivity contribution in [1.82, 2.24) is 14.3 Å². The number of rotatable bonds is 10. The lowest BCUT2D eigenvalue weighted by atomic mass is 9.95. The minimum atomic E-state index is -0.854. The number of imidazole rings is 1. The number of ketones is 1. The van der Waals surface area contributed by atoms with E-state index >= 15 is 0 Å². The van der Waals surface area contributed by atoms with Gasteiger partial charge in [0.25, 0.3) is 11.7 Å². The Balaban J connectivity index is 1.66. The maximum Gasteiger partial charge on any atom is 0.295 e. The number of ether oxygens (including phenoxy) is 2. The molecule has 1 saturated heterocycles. The van der Waals surface area contributed by atoms with Crippen molar-refractivity contribution < 1.29 is 24.2 Å². The highest BCUT2D eigenvalue weighted by Crippen LogP contribution is 2.43. The Labute approximate surface area is 239 Å². The number of pyridine rings is 1. The van der Waals surface area contributed by atoms with Crippen molar-refractivity contribution in [2.24, 2.45) is 5.92 Å². The maximum absolute atomic E-state index is 13.7. The summed E-state index contributed by atoms with van der Waals surface area (Å²) in [6.45, 7) is 9.07. The first-order chi connectivity index (χ1) is 19.8. The minimum Gasteiger partial charge on any atom is -0.505 e. The predicted molar refractivity (Wildman–Crippen MR) is 157 cm³/mol. The number of aromatic nitrogens is 2. The molecule has 8 nitrogen and oxygen atoms in total. The molecule has 212 valence electrons. The molecule has 2 aromatic carbocycles. The SMILES string of the molecule is CCOc1cc(C2C(=C(O)c3c(C)nc4ccccn34)C(=O)C(=O)N2Cc2ccccc2)ccc1OCCC(C)C. The molecule has 1 fully saturated rings. The van der Waals surface area contributed by atoms with Crippen LogP contribution in [0.25, 0.3) is 11.4 Å². The third-order valence-electron chi connectivity index (χ3n) is 7.20. The summed E-state index contributed by atoms with van der Waals surface area (Å²) in [5.74, 6) is -0.0917. The van der Waals surface area contributed by atoms with Crippen molar-refractivity contribution in [2.45, 2.75) is 46.7 Å². The van der Waals surface area contributed by atoms with Gasteiger partial charge in [0.1, 0.15) is 11.3 Å². The molecule has 0 saturated carbocycles. The topological polar surface area (TPSA) is 93.4 Å². The highest BCUT2D eigenvalue weighted by Gasteiger charge is 2.46. The van der Waals surface area contributed by atoms with Gasteiger partial charge in [-0.1, -0.05) is 56.3 Å². The molecule has 8 heteroatoms. The molecule has 1 unspecified atom stereocenters. The second kappa shape index (κ2) is 11.9. The molecule has 4 aromatic rings. The number of hydrogen-bond donors (Lipinski definition) is 1. The summed E-state index contributed by atoms with van der Waals surface area (Å²) in [4.78, 5) is 33.3. The number of aliphatic hydroxyl groups excluding tert-OH is 1. The Bertz CT molecular complexity index is 1610. The number of nitrogens with zero attached hydrogens (tertiary/aromatic N) is 3. The summed E-state index contributed by atoms with van der Waals surface area (Å²) >= 11 is 0. The molecule has 3 heterocycles. The van der Waals surface area contributed by atoms with Gasteiger partial charge in [-0.2, -0.15) is 0 Å². The van der Waals surface area contributed by atoms with E-state index in [-0.39, 0.29) is 17.9 Å². The van der Waals surface area contributed by atoms with E-state index in [2.05, 4.69) is 18.8 Å². The molecule has 1 atom stereocenters. The number of carbonyl (C=O) groups excluding carboxylic acids is 2. The van der Waals surface area contributed by atoms with E-state index in [1.807, 2.05) is 67.6 Å². The Morgan fingerprint density at radius 2 is 1.76 bits per heavy atom. The molecule has 1 aliphatic rings. The lowest BCUT2D eigenvalue weighted by molar-refractivity contribution is -0.140.